The molecule has 1 unspecified atom stereocenters. The van der Waals surface area contributed by atoms with Gasteiger partial charge < -0.3 is 9.47 Å². The van der Waals surface area contributed by atoms with Crippen molar-refractivity contribution < 1.29 is 9.47 Å². The first-order valence-corrected chi connectivity index (χ1v) is 7.14. The molecule has 0 bridgehead atoms. The lowest BCUT2D eigenvalue weighted by molar-refractivity contribution is 0.345. The SMILES string of the molecule is CCCC(C#[N+]C)(c1ccc(OC)c(OC)c1)C(C)C. The molecule has 0 aliphatic rings. The van der Waals surface area contributed by atoms with Crippen molar-refractivity contribution in [1.82, 2.24) is 0 Å². The molecule has 110 valence electrons. The Labute approximate surface area is 122 Å². The maximum atomic E-state index is 5.42. The summed E-state index contributed by atoms with van der Waals surface area (Å²) in [7, 11) is 5.10. The lowest BCUT2D eigenvalue weighted by atomic mass is 9.70. The molecular weight excluding hydrogens is 250 g/mol. The zero-order chi connectivity index (χ0) is 15.2. The van der Waals surface area contributed by atoms with E-state index in [0.717, 1.165) is 24.3 Å². The molecule has 1 aromatic rings. The molecule has 0 spiro atoms. The molecular formula is C17H26NO2+. The van der Waals surface area contributed by atoms with Crippen LogP contribution < -0.4 is 9.47 Å². The van der Waals surface area contributed by atoms with E-state index < -0.39 is 0 Å². The van der Waals surface area contributed by atoms with Crippen molar-refractivity contribution in [2.24, 2.45) is 5.92 Å². The summed E-state index contributed by atoms with van der Waals surface area (Å²) in [6.07, 6.45) is 2.09. The summed E-state index contributed by atoms with van der Waals surface area (Å²) >= 11 is 0. The van der Waals surface area contributed by atoms with Gasteiger partial charge >= 0.3 is 0 Å². The Balaban J connectivity index is 3.43. The lowest BCUT2D eigenvalue weighted by Gasteiger charge is -2.28. The summed E-state index contributed by atoms with van der Waals surface area (Å²) in [6, 6.07) is 9.43. The van der Waals surface area contributed by atoms with E-state index in [1.165, 1.54) is 5.56 Å². The van der Waals surface area contributed by atoms with Gasteiger partial charge in [0.1, 0.15) is 5.41 Å². The first-order valence-electron chi connectivity index (χ1n) is 7.14. The van der Waals surface area contributed by atoms with E-state index in [0.29, 0.717) is 5.92 Å². The highest BCUT2D eigenvalue weighted by Gasteiger charge is 2.39. The molecule has 0 aliphatic carbocycles. The van der Waals surface area contributed by atoms with Crippen LogP contribution >= 0.6 is 0 Å². The molecule has 0 fully saturated rings. The molecule has 1 atom stereocenters. The van der Waals surface area contributed by atoms with E-state index in [1.54, 1.807) is 21.3 Å². The topological polar surface area (TPSA) is 22.8 Å². The second-order valence-corrected chi connectivity index (χ2v) is 5.28. The van der Waals surface area contributed by atoms with Crippen LogP contribution in [0.5, 0.6) is 11.5 Å². The molecule has 0 saturated carbocycles. The van der Waals surface area contributed by atoms with Crippen LogP contribution in [-0.2, 0) is 5.41 Å². The quantitative estimate of drug-likeness (QED) is 0.770. The minimum atomic E-state index is -0.178. The molecule has 0 aliphatic heterocycles. The summed E-state index contributed by atoms with van der Waals surface area (Å²) in [6.45, 7) is 6.62. The Bertz CT molecular complexity index is 499. The summed E-state index contributed by atoms with van der Waals surface area (Å²) in [5.41, 5.74) is 1.00. The average molecular weight is 276 g/mol. The minimum absolute atomic E-state index is 0.178. The van der Waals surface area contributed by atoms with E-state index in [4.69, 9.17) is 9.47 Å². The Morgan fingerprint density at radius 2 is 1.85 bits per heavy atom. The van der Waals surface area contributed by atoms with Crippen LogP contribution in [0.3, 0.4) is 0 Å². The summed E-state index contributed by atoms with van der Waals surface area (Å²) in [5, 5.41) is 0. The molecule has 3 nitrogen and oxygen atoms in total. The van der Waals surface area contributed by atoms with Crippen molar-refractivity contribution in [3.8, 4) is 17.6 Å². The van der Waals surface area contributed by atoms with Crippen LogP contribution in [0, 0.1) is 12.0 Å². The van der Waals surface area contributed by atoms with Gasteiger partial charge in [0, 0.05) is 0 Å². The van der Waals surface area contributed by atoms with Gasteiger partial charge in [-0.15, -0.1) is 0 Å². The second-order valence-electron chi connectivity index (χ2n) is 5.28. The Hall–Kier alpha value is -1.69. The van der Waals surface area contributed by atoms with Gasteiger partial charge in [0.25, 0.3) is 13.1 Å². The Morgan fingerprint density at radius 3 is 2.30 bits per heavy atom. The molecule has 0 aromatic heterocycles. The minimum Gasteiger partial charge on any atom is -0.493 e. The zero-order valence-corrected chi connectivity index (χ0v) is 13.5. The van der Waals surface area contributed by atoms with Gasteiger partial charge in [-0.2, -0.15) is 0 Å². The van der Waals surface area contributed by atoms with Crippen LogP contribution in [-0.4, -0.2) is 21.3 Å². The smallest absolute Gasteiger partial charge is 0.284 e. The van der Waals surface area contributed by atoms with E-state index in [9.17, 15) is 0 Å². The van der Waals surface area contributed by atoms with Crippen molar-refractivity contribution in [3.63, 3.8) is 0 Å². The van der Waals surface area contributed by atoms with Crippen molar-refractivity contribution in [2.45, 2.75) is 39.0 Å². The third kappa shape index (κ3) is 3.07. The molecule has 1 aromatic carbocycles. The maximum absolute atomic E-state index is 5.42. The van der Waals surface area contributed by atoms with E-state index in [1.807, 2.05) is 12.1 Å². The molecule has 1 rings (SSSR count). The predicted octanol–water partition coefficient (Wildman–Crippen LogP) is 4.36. The molecule has 0 radical (unpaired) electrons. The molecule has 0 amide bonds. The highest BCUT2D eigenvalue weighted by Crippen LogP contribution is 2.40. The van der Waals surface area contributed by atoms with Crippen LogP contribution in [0.15, 0.2) is 18.2 Å². The van der Waals surface area contributed by atoms with Gasteiger partial charge in [-0.1, -0.05) is 38.1 Å². The number of rotatable bonds is 6. The molecule has 0 N–H and O–H groups in total. The zero-order valence-electron chi connectivity index (χ0n) is 13.5. The highest BCUT2D eigenvalue weighted by atomic mass is 16.5. The summed E-state index contributed by atoms with van der Waals surface area (Å²) in [5.74, 6) is 1.91. The van der Waals surface area contributed by atoms with Gasteiger partial charge in [0.05, 0.1) is 14.2 Å². The molecule has 0 heterocycles. The van der Waals surface area contributed by atoms with Crippen LogP contribution in [0.4, 0.5) is 0 Å². The lowest BCUT2D eigenvalue weighted by Crippen LogP contribution is -2.30. The fourth-order valence-electron chi connectivity index (χ4n) is 2.72. The van der Waals surface area contributed by atoms with Gasteiger partial charge in [-0.05, 0) is 30.0 Å². The number of ether oxygens (including phenoxy) is 2. The highest BCUT2D eigenvalue weighted by molar-refractivity contribution is 5.47. The second kappa shape index (κ2) is 7.19. The number of nitrogens with zero attached hydrogens (tertiary/aromatic N) is 1. The molecule has 0 saturated heterocycles. The normalized spacial score (nSPS) is 13.3. The third-order valence-corrected chi connectivity index (χ3v) is 3.84. The van der Waals surface area contributed by atoms with Gasteiger partial charge in [-0.3, -0.25) is 0 Å². The van der Waals surface area contributed by atoms with Crippen molar-refractivity contribution >= 4 is 0 Å². The van der Waals surface area contributed by atoms with Crippen LogP contribution in [0.2, 0.25) is 0 Å². The third-order valence-electron chi connectivity index (χ3n) is 3.84. The van der Waals surface area contributed by atoms with Gasteiger partial charge in [0.2, 0.25) is 0 Å². The maximum Gasteiger partial charge on any atom is 0.284 e. The number of methoxy groups -OCH3 is 2. The Morgan fingerprint density at radius 1 is 1.20 bits per heavy atom. The van der Waals surface area contributed by atoms with Crippen molar-refractivity contribution in [3.05, 3.63) is 28.6 Å². The van der Waals surface area contributed by atoms with E-state index in [2.05, 4.69) is 37.8 Å². The Kier molecular flexibility index (Phi) is 5.88. The van der Waals surface area contributed by atoms with Crippen molar-refractivity contribution in [2.75, 3.05) is 21.3 Å². The standard InChI is InChI=1S/C17H26NO2/c1-7-10-17(12-18-4,13(2)3)14-8-9-15(19-5)16(11-14)20-6/h8-9,11,13H,7,10H2,1-6H3/q+1. The van der Waals surface area contributed by atoms with E-state index >= 15 is 0 Å². The number of hydrogen-bond donors (Lipinski definition) is 0. The first-order chi connectivity index (χ1) is 9.55. The summed E-state index contributed by atoms with van der Waals surface area (Å²) in [4.78, 5) is 4.20. The van der Waals surface area contributed by atoms with Gasteiger partial charge in [0.15, 0.2) is 11.5 Å². The molecule has 20 heavy (non-hydrogen) atoms. The number of benzene rings is 1. The molecule has 3 heteroatoms. The predicted molar refractivity (Wildman–Crippen MR) is 84.1 cm³/mol. The first kappa shape index (κ1) is 16.4. The largest absolute Gasteiger partial charge is 0.493 e. The fraction of sp³-hybridized carbons (Fsp3) is 0.588. The van der Waals surface area contributed by atoms with Gasteiger partial charge in [-0.25, -0.2) is 0 Å². The van der Waals surface area contributed by atoms with Crippen LogP contribution in [0.25, 0.3) is 4.85 Å². The average Bonchev–Trinajstić information content (AvgIpc) is 2.45. The van der Waals surface area contributed by atoms with Crippen LogP contribution in [0.1, 0.15) is 39.2 Å². The summed E-state index contributed by atoms with van der Waals surface area (Å²) < 4.78 is 10.7. The van der Waals surface area contributed by atoms with E-state index in [-0.39, 0.29) is 5.41 Å². The monoisotopic (exact) mass is 276 g/mol. The number of hydrogen-bond acceptors (Lipinski definition) is 2. The fourth-order valence-corrected chi connectivity index (χ4v) is 2.72. The van der Waals surface area contributed by atoms with Crippen molar-refractivity contribution in [1.29, 1.82) is 0 Å².